The van der Waals surface area contributed by atoms with Crippen molar-refractivity contribution >= 4 is 0 Å². The fraction of sp³-hybridized carbons (Fsp3) is 0.857. The monoisotopic (exact) mass is 266 g/mol. The average Bonchev–Trinajstić information content (AvgIpc) is 2.64. The zero-order valence-electron chi connectivity index (χ0n) is 12.4. The molecule has 108 valence electrons. The molecule has 1 unspecified atom stereocenters. The van der Waals surface area contributed by atoms with Crippen molar-refractivity contribution in [3.8, 4) is 0 Å². The minimum absolute atomic E-state index is 0.555. The van der Waals surface area contributed by atoms with Crippen molar-refractivity contribution in [2.75, 3.05) is 20.1 Å². The summed E-state index contributed by atoms with van der Waals surface area (Å²) >= 11 is 0. The van der Waals surface area contributed by atoms with Gasteiger partial charge in [0, 0.05) is 12.5 Å². The van der Waals surface area contributed by atoms with Gasteiger partial charge in [-0.15, -0.1) is 0 Å². The Bertz CT molecular complexity index is 369. The standard InChI is InChI=1S/C14H26N4O/c1-11(2)9-14-16-13(17-19-14)10-18(3)12-5-4-7-15-8-6-12/h11-12,15H,4-10H2,1-3H3. The van der Waals surface area contributed by atoms with Crippen LogP contribution in [0.2, 0.25) is 0 Å². The maximum atomic E-state index is 5.29. The summed E-state index contributed by atoms with van der Waals surface area (Å²) in [5.41, 5.74) is 0. The predicted octanol–water partition coefficient (Wildman–Crippen LogP) is 1.84. The minimum atomic E-state index is 0.555. The summed E-state index contributed by atoms with van der Waals surface area (Å²) in [7, 11) is 2.16. The fourth-order valence-corrected chi connectivity index (χ4v) is 2.58. The lowest BCUT2D eigenvalue weighted by Crippen LogP contribution is -2.32. The predicted molar refractivity (Wildman–Crippen MR) is 74.8 cm³/mol. The quantitative estimate of drug-likeness (QED) is 0.881. The number of aromatic nitrogens is 2. The Morgan fingerprint density at radius 2 is 2.21 bits per heavy atom. The molecule has 1 saturated heterocycles. The summed E-state index contributed by atoms with van der Waals surface area (Å²) in [5.74, 6) is 2.13. The molecule has 0 aliphatic carbocycles. The molecule has 0 spiro atoms. The van der Waals surface area contributed by atoms with E-state index in [9.17, 15) is 0 Å². The first-order valence-electron chi connectivity index (χ1n) is 7.37. The molecule has 2 heterocycles. The van der Waals surface area contributed by atoms with Gasteiger partial charge in [-0.25, -0.2) is 0 Å². The van der Waals surface area contributed by atoms with Gasteiger partial charge in [0.2, 0.25) is 5.89 Å². The Kier molecular flexibility index (Phi) is 5.34. The largest absolute Gasteiger partial charge is 0.339 e. The molecule has 1 atom stereocenters. The van der Waals surface area contributed by atoms with Crippen molar-refractivity contribution in [3.05, 3.63) is 11.7 Å². The second-order valence-electron chi connectivity index (χ2n) is 5.95. The topological polar surface area (TPSA) is 54.2 Å². The Labute approximate surface area is 115 Å². The van der Waals surface area contributed by atoms with E-state index in [-0.39, 0.29) is 0 Å². The minimum Gasteiger partial charge on any atom is -0.339 e. The molecule has 0 amide bonds. The highest BCUT2D eigenvalue weighted by atomic mass is 16.5. The van der Waals surface area contributed by atoms with Gasteiger partial charge in [0.1, 0.15) is 0 Å². The summed E-state index contributed by atoms with van der Waals surface area (Å²) in [6.07, 6.45) is 4.57. The third-order valence-electron chi connectivity index (χ3n) is 3.65. The molecule has 1 aromatic rings. The highest BCUT2D eigenvalue weighted by Gasteiger charge is 2.18. The summed E-state index contributed by atoms with van der Waals surface area (Å²) in [4.78, 5) is 6.83. The number of nitrogens with zero attached hydrogens (tertiary/aromatic N) is 3. The third-order valence-corrected chi connectivity index (χ3v) is 3.65. The molecule has 5 nitrogen and oxygen atoms in total. The highest BCUT2D eigenvalue weighted by Crippen LogP contribution is 2.14. The zero-order chi connectivity index (χ0) is 13.7. The van der Waals surface area contributed by atoms with Gasteiger partial charge in [-0.1, -0.05) is 19.0 Å². The van der Waals surface area contributed by atoms with Crippen molar-refractivity contribution < 1.29 is 4.52 Å². The molecule has 2 rings (SSSR count). The van der Waals surface area contributed by atoms with Crippen LogP contribution in [0.1, 0.15) is 44.8 Å². The smallest absolute Gasteiger partial charge is 0.226 e. The molecule has 5 heteroatoms. The van der Waals surface area contributed by atoms with Gasteiger partial charge in [0.05, 0.1) is 6.54 Å². The van der Waals surface area contributed by atoms with E-state index in [4.69, 9.17) is 4.52 Å². The van der Waals surface area contributed by atoms with Crippen molar-refractivity contribution in [1.82, 2.24) is 20.4 Å². The molecule has 1 fully saturated rings. The van der Waals surface area contributed by atoms with E-state index in [1.165, 1.54) is 19.3 Å². The lowest BCUT2D eigenvalue weighted by atomic mass is 10.1. The lowest BCUT2D eigenvalue weighted by Gasteiger charge is -2.25. The second-order valence-corrected chi connectivity index (χ2v) is 5.95. The zero-order valence-corrected chi connectivity index (χ0v) is 12.4. The number of nitrogens with one attached hydrogen (secondary N) is 1. The van der Waals surface area contributed by atoms with Crippen LogP contribution in [-0.4, -0.2) is 41.2 Å². The first-order chi connectivity index (χ1) is 9.15. The SMILES string of the molecule is CC(C)Cc1nc(CN(C)C2CCCNCC2)no1. The van der Waals surface area contributed by atoms with Crippen LogP contribution in [0.3, 0.4) is 0 Å². The Morgan fingerprint density at radius 3 is 3.00 bits per heavy atom. The molecule has 1 aromatic heterocycles. The van der Waals surface area contributed by atoms with Gasteiger partial charge in [-0.3, -0.25) is 4.90 Å². The van der Waals surface area contributed by atoms with E-state index in [2.05, 4.69) is 41.3 Å². The van der Waals surface area contributed by atoms with Crippen LogP contribution in [0.4, 0.5) is 0 Å². The van der Waals surface area contributed by atoms with E-state index < -0.39 is 0 Å². The maximum Gasteiger partial charge on any atom is 0.226 e. The van der Waals surface area contributed by atoms with Gasteiger partial charge >= 0.3 is 0 Å². The molecule has 0 aromatic carbocycles. The van der Waals surface area contributed by atoms with Gasteiger partial charge in [-0.05, 0) is 45.3 Å². The van der Waals surface area contributed by atoms with Crippen molar-refractivity contribution in [1.29, 1.82) is 0 Å². The van der Waals surface area contributed by atoms with E-state index in [0.29, 0.717) is 12.0 Å². The average molecular weight is 266 g/mol. The Hall–Kier alpha value is -0.940. The molecule has 1 aliphatic rings. The van der Waals surface area contributed by atoms with Crippen LogP contribution in [0.15, 0.2) is 4.52 Å². The van der Waals surface area contributed by atoms with E-state index in [1.807, 2.05) is 0 Å². The molecule has 0 radical (unpaired) electrons. The van der Waals surface area contributed by atoms with Gasteiger partial charge in [-0.2, -0.15) is 4.98 Å². The normalized spacial score (nSPS) is 21.0. The number of rotatable bonds is 5. The Balaban J connectivity index is 1.86. The van der Waals surface area contributed by atoms with Crippen LogP contribution in [0.5, 0.6) is 0 Å². The third kappa shape index (κ3) is 4.58. The number of hydrogen-bond donors (Lipinski definition) is 1. The number of hydrogen-bond acceptors (Lipinski definition) is 5. The molecule has 0 bridgehead atoms. The highest BCUT2D eigenvalue weighted by molar-refractivity contribution is 4.88. The van der Waals surface area contributed by atoms with Crippen LogP contribution >= 0.6 is 0 Å². The molecule has 19 heavy (non-hydrogen) atoms. The van der Waals surface area contributed by atoms with Gasteiger partial charge in [0.15, 0.2) is 5.82 Å². The molecule has 1 aliphatic heterocycles. The Morgan fingerprint density at radius 1 is 1.37 bits per heavy atom. The second kappa shape index (κ2) is 7.01. The van der Waals surface area contributed by atoms with Crippen LogP contribution < -0.4 is 5.32 Å². The summed E-state index contributed by atoms with van der Waals surface area (Å²) in [6, 6.07) is 0.627. The van der Waals surface area contributed by atoms with Crippen molar-refractivity contribution in [2.24, 2.45) is 5.92 Å². The summed E-state index contributed by atoms with van der Waals surface area (Å²) in [5, 5.41) is 7.53. The fourth-order valence-electron chi connectivity index (χ4n) is 2.58. The van der Waals surface area contributed by atoms with Crippen LogP contribution in [-0.2, 0) is 13.0 Å². The van der Waals surface area contributed by atoms with Gasteiger partial charge in [0.25, 0.3) is 0 Å². The maximum absolute atomic E-state index is 5.29. The van der Waals surface area contributed by atoms with Gasteiger partial charge < -0.3 is 9.84 Å². The molecular weight excluding hydrogens is 240 g/mol. The van der Waals surface area contributed by atoms with E-state index in [1.54, 1.807) is 0 Å². The van der Waals surface area contributed by atoms with E-state index in [0.717, 1.165) is 37.8 Å². The molecular formula is C14H26N4O. The summed E-state index contributed by atoms with van der Waals surface area (Å²) < 4.78 is 5.29. The summed E-state index contributed by atoms with van der Waals surface area (Å²) in [6.45, 7) is 7.36. The van der Waals surface area contributed by atoms with Crippen molar-refractivity contribution in [2.45, 2.75) is 52.1 Å². The van der Waals surface area contributed by atoms with Crippen LogP contribution in [0.25, 0.3) is 0 Å². The van der Waals surface area contributed by atoms with Crippen molar-refractivity contribution in [3.63, 3.8) is 0 Å². The first kappa shape index (κ1) is 14.5. The molecule has 1 N–H and O–H groups in total. The first-order valence-corrected chi connectivity index (χ1v) is 7.37. The molecule has 0 saturated carbocycles. The van der Waals surface area contributed by atoms with Crippen LogP contribution in [0, 0.1) is 5.92 Å². The van der Waals surface area contributed by atoms with E-state index >= 15 is 0 Å². The lowest BCUT2D eigenvalue weighted by molar-refractivity contribution is 0.209.